The van der Waals surface area contributed by atoms with Crippen LogP contribution in [0, 0.1) is 0 Å². The fourth-order valence-electron chi connectivity index (χ4n) is 4.64. The molecule has 2 heterocycles. The van der Waals surface area contributed by atoms with Gasteiger partial charge in [-0.2, -0.15) is 0 Å². The SMILES string of the molecule is O=c1cc(C2CCCCC2)oc2ccc(OCCCCCCN3CCOCC3)cc12. The van der Waals surface area contributed by atoms with E-state index in [2.05, 4.69) is 4.90 Å². The second-order valence-electron chi connectivity index (χ2n) is 8.72. The van der Waals surface area contributed by atoms with Crippen molar-refractivity contribution in [2.75, 3.05) is 39.5 Å². The lowest BCUT2D eigenvalue weighted by Gasteiger charge is -2.26. The second-order valence-corrected chi connectivity index (χ2v) is 8.72. The summed E-state index contributed by atoms with van der Waals surface area (Å²) >= 11 is 0. The summed E-state index contributed by atoms with van der Waals surface area (Å²) in [5, 5.41) is 0.623. The number of nitrogens with zero attached hydrogens (tertiary/aromatic N) is 1. The van der Waals surface area contributed by atoms with E-state index in [1.807, 2.05) is 18.2 Å². The topological polar surface area (TPSA) is 51.9 Å². The average Bonchev–Trinajstić information content (AvgIpc) is 2.80. The first-order valence-corrected chi connectivity index (χ1v) is 11.8. The minimum atomic E-state index is 0.0467. The summed E-state index contributed by atoms with van der Waals surface area (Å²) in [6.45, 7) is 5.75. The monoisotopic (exact) mass is 413 g/mol. The molecule has 1 saturated carbocycles. The third-order valence-electron chi connectivity index (χ3n) is 6.47. The van der Waals surface area contributed by atoms with Gasteiger partial charge in [0.15, 0.2) is 5.43 Å². The number of hydrogen-bond acceptors (Lipinski definition) is 5. The predicted molar refractivity (Wildman–Crippen MR) is 120 cm³/mol. The van der Waals surface area contributed by atoms with E-state index in [1.165, 1.54) is 45.1 Å². The maximum absolute atomic E-state index is 12.6. The van der Waals surface area contributed by atoms with Gasteiger partial charge in [-0.3, -0.25) is 9.69 Å². The first-order valence-electron chi connectivity index (χ1n) is 11.8. The molecule has 1 aliphatic heterocycles. The Balaban J connectivity index is 1.22. The van der Waals surface area contributed by atoms with Crippen molar-refractivity contribution in [3.63, 3.8) is 0 Å². The number of fused-ring (bicyclic) bond motifs is 1. The Morgan fingerprint density at radius 3 is 2.60 bits per heavy atom. The summed E-state index contributed by atoms with van der Waals surface area (Å²) in [4.78, 5) is 15.1. The molecule has 1 aromatic heterocycles. The van der Waals surface area contributed by atoms with Crippen LogP contribution in [0.4, 0.5) is 0 Å². The molecule has 0 unspecified atom stereocenters. The van der Waals surface area contributed by atoms with Gasteiger partial charge in [0.1, 0.15) is 17.1 Å². The summed E-state index contributed by atoms with van der Waals surface area (Å²) < 4.78 is 17.4. The van der Waals surface area contributed by atoms with E-state index in [9.17, 15) is 4.79 Å². The maximum atomic E-state index is 12.6. The number of benzene rings is 1. The van der Waals surface area contributed by atoms with Crippen LogP contribution in [-0.2, 0) is 4.74 Å². The molecule has 2 aliphatic rings. The van der Waals surface area contributed by atoms with Crippen LogP contribution >= 0.6 is 0 Å². The molecule has 5 heteroatoms. The van der Waals surface area contributed by atoms with Crippen molar-refractivity contribution in [1.82, 2.24) is 4.90 Å². The van der Waals surface area contributed by atoms with Crippen molar-refractivity contribution in [2.24, 2.45) is 0 Å². The molecular formula is C25H35NO4. The lowest BCUT2D eigenvalue weighted by atomic mass is 9.87. The molecule has 0 N–H and O–H groups in total. The lowest BCUT2D eigenvalue weighted by molar-refractivity contribution is 0.0371. The standard InChI is InChI=1S/C25H35NO4/c27-23-19-25(20-8-4-3-5-9-20)30-24-11-10-21(18-22(23)24)29-15-7-2-1-6-12-26-13-16-28-17-14-26/h10-11,18-20H,1-9,12-17H2. The van der Waals surface area contributed by atoms with Crippen LogP contribution in [-0.4, -0.2) is 44.4 Å². The van der Waals surface area contributed by atoms with Crippen LogP contribution in [0.15, 0.2) is 33.5 Å². The zero-order valence-corrected chi connectivity index (χ0v) is 18.1. The number of ether oxygens (including phenoxy) is 2. The Morgan fingerprint density at radius 1 is 0.967 bits per heavy atom. The highest BCUT2D eigenvalue weighted by Gasteiger charge is 2.19. The molecule has 30 heavy (non-hydrogen) atoms. The van der Waals surface area contributed by atoms with E-state index in [0.29, 0.717) is 23.5 Å². The summed E-state index contributed by atoms with van der Waals surface area (Å²) in [5.74, 6) is 2.02. The Labute approximate surface area is 179 Å². The van der Waals surface area contributed by atoms with Crippen LogP contribution in [0.3, 0.4) is 0 Å². The summed E-state index contributed by atoms with van der Waals surface area (Å²) in [7, 11) is 0. The average molecular weight is 414 g/mol. The maximum Gasteiger partial charge on any atom is 0.193 e. The summed E-state index contributed by atoms with van der Waals surface area (Å²) in [6.07, 6.45) is 10.7. The molecule has 0 bridgehead atoms. The Kier molecular flexibility index (Phi) is 7.82. The van der Waals surface area contributed by atoms with E-state index in [-0.39, 0.29) is 5.43 Å². The van der Waals surface area contributed by atoms with Crippen LogP contribution < -0.4 is 10.2 Å². The largest absolute Gasteiger partial charge is 0.494 e. The van der Waals surface area contributed by atoms with E-state index in [1.54, 1.807) is 6.07 Å². The normalized spacial score (nSPS) is 18.7. The molecule has 0 atom stereocenters. The van der Waals surface area contributed by atoms with Gasteiger partial charge in [-0.1, -0.05) is 32.1 Å². The van der Waals surface area contributed by atoms with Gasteiger partial charge in [-0.15, -0.1) is 0 Å². The van der Waals surface area contributed by atoms with E-state index in [0.717, 1.165) is 57.1 Å². The fraction of sp³-hybridized carbons (Fsp3) is 0.640. The number of hydrogen-bond donors (Lipinski definition) is 0. The van der Waals surface area contributed by atoms with Gasteiger partial charge in [-0.25, -0.2) is 0 Å². The van der Waals surface area contributed by atoms with Crippen LogP contribution in [0.1, 0.15) is 69.5 Å². The fourth-order valence-corrected chi connectivity index (χ4v) is 4.64. The molecule has 1 aromatic carbocycles. The smallest absolute Gasteiger partial charge is 0.193 e. The number of morpholine rings is 1. The van der Waals surface area contributed by atoms with Gasteiger partial charge in [0.25, 0.3) is 0 Å². The summed E-state index contributed by atoms with van der Waals surface area (Å²) in [5.41, 5.74) is 0.726. The predicted octanol–water partition coefficient (Wildman–Crippen LogP) is 5.11. The van der Waals surface area contributed by atoms with Gasteiger partial charge >= 0.3 is 0 Å². The highest BCUT2D eigenvalue weighted by Crippen LogP contribution is 2.33. The third kappa shape index (κ3) is 5.86. The third-order valence-corrected chi connectivity index (χ3v) is 6.47. The quantitative estimate of drug-likeness (QED) is 0.535. The Bertz CT molecular complexity index is 850. The highest BCUT2D eigenvalue weighted by atomic mass is 16.5. The molecule has 5 nitrogen and oxygen atoms in total. The molecule has 164 valence electrons. The molecular weight excluding hydrogens is 378 g/mol. The Morgan fingerprint density at radius 2 is 1.77 bits per heavy atom. The van der Waals surface area contributed by atoms with Crippen molar-refractivity contribution in [2.45, 2.75) is 63.7 Å². The molecule has 1 saturated heterocycles. The molecule has 2 aromatic rings. The van der Waals surface area contributed by atoms with E-state index < -0.39 is 0 Å². The summed E-state index contributed by atoms with van der Waals surface area (Å²) in [6, 6.07) is 7.36. The number of rotatable bonds is 9. The molecule has 1 aliphatic carbocycles. The molecule has 0 spiro atoms. The first kappa shape index (κ1) is 21.4. The van der Waals surface area contributed by atoms with Crippen molar-refractivity contribution < 1.29 is 13.9 Å². The van der Waals surface area contributed by atoms with Crippen molar-refractivity contribution in [1.29, 1.82) is 0 Å². The van der Waals surface area contributed by atoms with Gasteiger partial charge in [0, 0.05) is 25.1 Å². The van der Waals surface area contributed by atoms with Crippen molar-refractivity contribution in [3.05, 3.63) is 40.2 Å². The lowest BCUT2D eigenvalue weighted by Crippen LogP contribution is -2.36. The van der Waals surface area contributed by atoms with Crippen LogP contribution in [0.2, 0.25) is 0 Å². The molecule has 2 fully saturated rings. The van der Waals surface area contributed by atoms with Gasteiger partial charge < -0.3 is 13.9 Å². The minimum absolute atomic E-state index is 0.0467. The van der Waals surface area contributed by atoms with E-state index in [4.69, 9.17) is 13.9 Å². The van der Waals surface area contributed by atoms with Gasteiger partial charge in [0.05, 0.1) is 25.2 Å². The van der Waals surface area contributed by atoms with Crippen LogP contribution in [0.5, 0.6) is 5.75 Å². The first-order chi connectivity index (χ1) is 14.8. The Hall–Kier alpha value is -1.85. The highest BCUT2D eigenvalue weighted by molar-refractivity contribution is 5.78. The zero-order valence-electron chi connectivity index (χ0n) is 18.1. The van der Waals surface area contributed by atoms with Crippen LogP contribution in [0.25, 0.3) is 11.0 Å². The van der Waals surface area contributed by atoms with Gasteiger partial charge in [-0.05, 0) is 50.4 Å². The van der Waals surface area contributed by atoms with Crippen molar-refractivity contribution in [3.8, 4) is 5.75 Å². The molecule has 4 rings (SSSR count). The number of unbranched alkanes of at least 4 members (excludes halogenated alkanes) is 3. The molecule has 0 amide bonds. The van der Waals surface area contributed by atoms with E-state index >= 15 is 0 Å². The van der Waals surface area contributed by atoms with Crippen molar-refractivity contribution >= 4 is 11.0 Å². The zero-order chi connectivity index (χ0) is 20.6. The second kappa shape index (κ2) is 11.0. The molecule has 0 radical (unpaired) electrons. The minimum Gasteiger partial charge on any atom is -0.494 e. The van der Waals surface area contributed by atoms with Gasteiger partial charge in [0.2, 0.25) is 0 Å².